The van der Waals surface area contributed by atoms with E-state index in [1.54, 1.807) is 0 Å². The summed E-state index contributed by atoms with van der Waals surface area (Å²) >= 11 is 5.27. The van der Waals surface area contributed by atoms with Gasteiger partial charge in [-0.1, -0.05) is 23.8 Å². The molecule has 0 spiro atoms. The minimum atomic E-state index is -0.276. The summed E-state index contributed by atoms with van der Waals surface area (Å²) in [5.74, 6) is 0.345. The molecule has 7 nitrogen and oxygen atoms in total. The quantitative estimate of drug-likeness (QED) is 0.428. The molecule has 1 aromatic heterocycles. The van der Waals surface area contributed by atoms with Crippen molar-refractivity contribution < 1.29 is 14.3 Å². The Hall–Kier alpha value is -2.48. The van der Waals surface area contributed by atoms with Crippen LogP contribution in [0.1, 0.15) is 24.8 Å². The molecule has 134 valence electrons. The number of nitrogens with zero attached hydrogens (tertiary/aromatic N) is 2. The van der Waals surface area contributed by atoms with Crippen LogP contribution in [0.3, 0.4) is 0 Å². The Morgan fingerprint density at radius 3 is 2.88 bits per heavy atom. The van der Waals surface area contributed by atoms with Gasteiger partial charge in [0.05, 0.1) is 7.11 Å². The summed E-state index contributed by atoms with van der Waals surface area (Å²) in [5.41, 5.74) is 2.08. The van der Waals surface area contributed by atoms with Gasteiger partial charge in [-0.15, -0.1) is 0 Å². The highest BCUT2D eigenvalue weighted by Crippen LogP contribution is 2.18. The average Bonchev–Trinajstić information content (AvgIpc) is 2.97. The fraction of sp³-hybridized carbons (Fsp3) is 0.412. The number of rotatable bonds is 8. The standard InChI is InChI=1S/C17H22N4O3S/c1-12-5-3-6-13(11-12)16-19-20-17(25)21(16)10-8-14(22)18-9-4-7-15(23)24-2/h3,5-6,11H,4,7-10H2,1-2H3,(H,18,22)(H,20,25). The first-order valence-corrected chi connectivity index (χ1v) is 8.48. The Bertz CT molecular complexity index is 797. The van der Waals surface area contributed by atoms with Gasteiger partial charge in [0.1, 0.15) is 0 Å². The third kappa shape index (κ3) is 5.53. The molecule has 0 aliphatic heterocycles. The van der Waals surface area contributed by atoms with Gasteiger partial charge >= 0.3 is 5.97 Å². The van der Waals surface area contributed by atoms with Crippen molar-refractivity contribution in [3.63, 3.8) is 0 Å². The second kappa shape index (κ2) is 9.12. The van der Waals surface area contributed by atoms with Crippen molar-refractivity contribution >= 4 is 24.1 Å². The normalized spacial score (nSPS) is 10.5. The number of hydrogen-bond donors (Lipinski definition) is 2. The Morgan fingerprint density at radius 2 is 2.16 bits per heavy atom. The Balaban J connectivity index is 1.91. The number of methoxy groups -OCH3 is 1. The zero-order chi connectivity index (χ0) is 18.2. The monoisotopic (exact) mass is 362 g/mol. The van der Waals surface area contributed by atoms with Gasteiger partial charge in [-0.25, -0.2) is 0 Å². The topological polar surface area (TPSA) is 89.0 Å². The van der Waals surface area contributed by atoms with E-state index in [9.17, 15) is 9.59 Å². The van der Waals surface area contributed by atoms with Crippen LogP contribution < -0.4 is 5.32 Å². The van der Waals surface area contributed by atoms with E-state index in [-0.39, 0.29) is 18.3 Å². The molecule has 0 fully saturated rings. The van der Waals surface area contributed by atoms with Gasteiger partial charge in [0, 0.05) is 31.5 Å². The molecular weight excluding hydrogens is 340 g/mol. The number of aromatic nitrogens is 3. The van der Waals surface area contributed by atoms with Gasteiger partial charge in [0.15, 0.2) is 10.6 Å². The maximum atomic E-state index is 12.0. The van der Waals surface area contributed by atoms with E-state index in [0.717, 1.165) is 11.1 Å². The lowest BCUT2D eigenvalue weighted by atomic mass is 10.1. The summed E-state index contributed by atoms with van der Waals surface area (Å²) in [6.45, 7) is 2.88. The molecule has 2 rings (SSSR count). The lowest BCUT2D eigenvalue weighted by Crippen LogP contribution is -2.26. The number of esters is 1. The summed E-state index contributed by atoms with van der Waals surface area (Å²) in [7, 11) is 1.35. The SMILES string of the molecule is COC(=O)CCCNC(=O)CCn1c(-c2cccc(C)c2)n[nH]c1=S. The van der Waals surface area contributed by atoms with Crippen LogP contribution in [-0.2, 0) is 20.9 Å². The van der Waals surface area contributed by atoms with E-state index < -0.39 is 0 Å². The fourth-order valence-electron chi connectivity index (χ4n) is 2.39. The van der Waals surface area contributed by atoms with Crippen molar-refractivity contribution in [1.82, 2.24) is 20.1 Å². The van der Waals surface area contributed by atoms with Crippen molar-refractivity contribution in [3.8, 4) is 11.4 Å². The summed E-state index contributed by atoms with van der Waals surface area (Å²) in [5, 5.41) is 9.84. The molecule has 0 aliphatic rings. The molecule has 2 N–H and O–H groups in total. The first kappa shape index (κ1) is 18.9. The highest BCUT2D eigenvalue weighted by Gasteiger charge is 2.11. The third-order valence-corrected chi connectivity index (χ3v) is 4.02. The minimum Gasteiger partial charge on any atom is -0.469 e. The molecule has 0 saturated heterocycles. The smallest absolute Gasteiger partial charge is 0.305 e. The molecule has 25 heavy (non-hydrogen) atoms. The molecule has 0 saturated carbocycles. The van der Waals surface area contributed by atoms with E-state index in [1.165, 1.54) is 7.11 Å². The molecule has 0 atom stereocenters. The predicted molar refractivity (Wildman–Crippen MR) is 96.5 cm³/mol. The zero-order valence-electron chi connectivity index (χ0n) is 14.4. The Labute approximate surface area is 151 Å². The summed E-state index contributed by atoms with van der Waals surface area (Å²) in [6, 6.07) is 7.95. The molecule has 0 radical (unpaired) electrons. The van der Waals surface area contributed by atoms with Crippen LogP contribution in [0, 0.1) is 11.7 Å². The average molecular weight is 362 g/mol. The molecule has 0 bridgehead atoms. The molecule has 1 heterocycles. The molecule has 0 unspecified atom stereocenters. The number of H-pyrrole nitrogens is 1. The van der Waals surface area contributed by atoms with Gasteiger partial charge in [-0.05, 0) is 31.6 Å². The number of ether oxygens (including phenoxy) is 1. The number of carbonyl (C=O) groups excluding carboxylic acids is 2. The molecule has 1 aromatic carbocycles. The number of nitrogens with one attached hydrogen (secondary N) is 2. The maximum Gasteiger partial charge on any atom is 0.305 e. The first-order chi connectivity index (χ1) is 12.0. The number of benzene rings is 1. The van der Waals surface area contributed by atoms with Crippen molar-refractivity contribution in [1.29, 1.82) is 0 Å². The van der Waals surface area contributed by atoms with Gasteiger partial charge < -0.3 is 10.1 Å². The maximum absolute atomic E-state index is 12.0. The van der Waals surface area contributed by atoms with E-state index >= 15 is 0 Å². The predicted octanol–water partition coefficient (Wildman–Crippen LogP) is 2.38. The van der Waals surface area contributed by atoms with Crippen LogP contribution in [0.4, 0.5) is 0 Å². The summed E-state index contributed by atoms with van der Waals surface area (Å²) < 4.78 is 6.85. The molecule has 1 amide bonds. The number of aryl methyl sites for hydroxylation is 1. The summed E-state index contributed by atoms with van der Waals surface area (Å²) in [4.78, 5) is 23.0. The van der Waals surface area contributed by atoms with Crippen molar-refractivity contribution in [2.75, 3.05) is 13.7 Å². The van der Waals surface area contributed by atoms with Crippen LogP contribution in [-0.4, -0.2) is 40.3 Å². The number of hydrogen-bond acceptors (Lipinski definition) is 5. The minimum absolute atomic E-state index is 0.0943. The van der Waals surface area contributed by atoms with E-state index in [0.29, 0.717) is 36.5 Å². The largest absolute Gasteiger partial charge is 0.469 e. The number of amides is 1. The van der Waals surface area contributed by atoms with Crippen LogP contribution in [0.5, 0.6) is 0 Å². The fourth-order valence-corrected chi connectivity index (χ4v) is 2.62. The van der Waals surface area contributed by atoms with Gasteiger partial charge in [0.25, 0.3) is 0 Å². The van der Waals surface area contributed by atoms with Crippen molar-refractivity contribution in [3.05, 3.63) is 34.6 Å². The van der Waals surface area contributed by atoms with Crippen LogP contribution >= 0.6 is 12.2 Å². The number of aromatic amines is 1. The third-order valence-electron chi connectivity index (χ3n) is 3.70. The lowest BCUT2D eigenvalue weighted by molar-refractivity contribution is -0.140. The zero-order valence-corrected chi connectivity index (χ0v) is 15.2. The Morgan fingerprint density at radius 1 is 1.36 bits per heavy atom. The molecule has 0 aliphatic carbocycles. The van der Waals surface area contributed by atoms with Gasteiger partial charge in [0.2, 0.25) is 5.91 Å². The van der Waals surface area contributed by atoms with Crippen LogP contribution in [0.2, 0.25) is 0 Å². The van der Waals surface area contributed by atoms with Crippen molar-refractivity contribution in [2.45, 2.75) is 32.7 Å². The van der Waals surface area contributed by atoms with E-state index in [1.807, 2.05) is 35.8 Å². The van der Waals surface area contributed by atoms with E-state index in [2.05, 4.69) is 20.3 Å². The van der Waals surface area contributed by atoms with Crippen LogP contribution in [0.15, 0.2) is 24.3 Å². The van der Waals surface area contributed by atoms with E-state index in [4.69, 9.17) is 12.2 Å². The van der Waals surface area contributed by atoms with Crippen LogP contribution in [0.25, 0.3) is 11.4 Å². The van der Waals surface area contributed by atoms with Gasteiger partial charge in [-0.2, -0.15) is 5.10 Å². The molecule has 8 heteroatoms. The highest BCUT2D eigenvalue weighted by atomic mass is 32.1. The first-order valence-electron chi connectivity index (χ1n) is 8.07. The summed E-state index contributed by atoms with van der Waals surface area (Å²) in [6.07, 6.45) is 1.13. The second-order valence-electron chi connectivity index (χ2n) is 5.65. The molecule has 2 aromatic rings. The van der Waals surface area contributed by atoms with Crippen molar-refractivity contribution in [2.24, 2.45) is 0 Å². The lowest BCUT2D eigenvalue weighted by Gasteiger charge is -2.08. The Kier molecular flexibility index (Phi) is 6.88. The molecular formula is C17H22N4O3S. The van der Waals surface area contributed by atoms with Gasteiger partial charge in [-0.3, -0.25) is 19.3 Å². The second-order valence-corrected chi connectivity index (χ2v) is 6.04. The number of carbonyl (C=O) groups is 2. The highest BCUT2D eigenvalue weighted by molar-refractivity contribution is 7.71.